The van der Waals surface area contributed by atoms with E-state index in [9.17, 15) is 14.7 Å². The zero-order chi connectivity index (χ0) is 23.1. The summed E-state index contributed by atoms with van der Waals surface area (Å²) in [6, 6.07) is 10.7. The second-order valence-corrected chi connectivity index (χ2v) is 10.8. The van der Waals surface area contributed by atoms with Gasteiger partial charge >= 0.3 is 5.97 Å². The molecule has 1 amide bonds. The molecule has 1 aromatic carbocycles. The van der Waals surface area contributed by atoms with Crippen LogP contribution in [0.2, 0.25) is 0 Å². The number of carbonyl (C=O) groups is 2. The first-order valence-corrected chi connectivity index (χ1v) is 13.0. The van der Waals surface area contributed by atoms with Crippen LogP contribution in [-0.2, 0) is 16.6 Å². The van der Waals surface area contributed by atoms with Crippen LogP contribution in [0.5, 0.6) is 0 Å². The van der Waals surface area contributed by atoms with Gasteiger partial charge in [0, 0.05) is 53.6 Å². The third-order valence-electron chi connectivity index (χ3n) is 7.84. The fourth-order valence-electron chi connectivity index (χ4n) is 6.28. The predicted molar refractivity (Wildman–Crippen MR) is 132 cm³/mol. The molecule has 0 radical (unpaired) electrons. The lowest BCUT2D eigenvalue weighted by atomic mass is 9.71. The minimum absolute atomic E-state index is 0.0848. The van der Waals surface area contributed by atoms with Gasteiger partial charge in [0.05, 0.1) is 5.92 Å². The van der Waals surface area contributed by atoms with Crippen LogP contribution < -0.4 is 0 Å². The van der Waals surface area contributed by atoms with E-state index in [0.29, 0.717) is 6.42 Å². The smallest absolute Gasteiger partial charge is 0.306 e. The van der Waals surface area contributed by atoms with Crippen LogP contribution in [0.3, 0.4) is 0 Å². The largest absolute Gasteiger partial charge is 0.481 e. The van der Waals surface area contributed by atoms with E-state index < -0.39 is 5.97 Å². The topological polar surface area (TPSA) is 62.5 Å². The number of amides is 1. The Bertz CT molecular complexity index is 1170. The summed E-state index contributed by atoms with van der Waals surface area (Å²) in [7, 11) is 2.07. The number of piperidine rings is 1. The lowest BCUT2D eigenvalue weighted by Gasteiger charge is -2.46. The molecule has 0 bridgehead atoms. The van der Waals surface area contributed by atoms with Gasteiger partial charge in [-0.05, 0) is 60.6 Å². The van der Waals surface area contributed by atoms with E-state index in [1.54, 1.807) is 11.3 Å². The third kappa shape index (κ3) is 3.99. The summed E-state index contributed by atoms with van der Waals surface area (Å²) in [6.07, 6.45) is 7.04. The molecule has 0 spiro atoms. The Morgan fingerprint density at radius 3 is 2.76 bits per heavy atom. The number of thiophene rings is 1. The van der Waals surface area contributed by atoms with E-state index in [4.69, 9.17) is 0 Å². The van der Waals surface area contributed by atoms with Gasteiger partial charge in [0.15, 0.2) is 0 Å². The highest BCUT2D eigenvalue weighted by atomic mass is 32.1. The number of hydrogen-bond acceptors (Lipinski definition) is 3. The summed E-state index contributed by atoms with van der Waals surface area (Å²) >= 11 is 1.74. The molecule has 1 saturated heterocycles. The molecule has 33 heavy (non-hydrogen) atoms. The first-order valence-electron chi connectivity index (χ1n) is 12.1. The van der Waals surface area contributed by atoms with Gasteiger partial charge in [-0.3, -0.25) is 9.59 Å². The van der Waals surface area contributed by atoms with E-state index in [1.807, 2.05) is 4.90 Å². The monoisotopic (exact) mass is 464 g/mol. The van der Waals surface area contributed by atoms with Crippen molar-refractivity contribution in [2.24, 2.45) is 18.9 Å². The number of nitrogens with zero attached hydrogens (tertiary/aromatic N) is 2. The molecule has 5 rings (SSSR count). The highest BCUT2D eigenvalue weighted by Crippen LogP contribution is 2.41. The first kappa shape index (κ1) is 22.2. The van der Waals surface area contributed by atoms with Gasteiger partial charge in [-0.25, -0.2) is 0 Å². The van der Waals surface area contributed by atoms with Crippen LogP contribution in [-0.4, -0.2) is 39.0 Å². The third-order valence-corrected chi connectivity index (χ3v) is 8.75. The maximum absolute atomic E-state index is 13.5. The van der Waals surface area contributed by atoms with Crippen molar-refractivity contribution in [3.8, 4) is 10.4 Å². The SMILES string of the molecule is CC(CC(=O)N1CCCC2C(C(=O)O)CCCC21)c1cn(C)c2cccc(-c3cccs3)c12. The van der Waals surface area contributed by atoms with Crippen molar-refractivity contribution in [2.45, 2.75) is 57.4 Å². The molecule has 4 atom stereocenters. The summed E-state index contributed by atoms with van der Waals surface area (Å²) in [5.41, 5.74) is 3.63. The zero-order valence-corrected chi connectivity index (χ0v) is 20.2. The van der Waals surface area contributed by atoms with Gasteiger partial charge in [-0.15, -0.1) is 11.3 Å². The Morgan fingerprint density at radius 2 is 2.00 bits per heavy atom. The molecule has 1 saturated carbocycles. The molecule has 2 aromatic heterocycles. The summed E-state index contributed by atoms with van der Waals surface area (Å²) in [5, 5.41) is 13.0. The fraction of sp³-hybridized carbons (Fsp3) is 0.481. The minimum atomic E-state index is -0.691. The van der Waals surface area contributed by atoms with Crippen LogP contribution in [0, 0.1) is 11.8 Å². The van der Waals surface area contributed by atoms with Crippen LogP contribution >= 0.6 is 11.3 Å². The van der Waals surface area contributed by atoms with E-state index in [2.05, 4.69) is 60.4 Å². The van der Waals surface area contributed by atoms with E-state index in [-0.39, 0.29) is 29.7 Å². The van der Waals surface area contributed by atoms with Crippen molar-refractivity contribution in [2.75, 3.05) is 6.54 Å². The number of fused-ring (bicyclic) bond motifs is 2. The summed E-state index contributed by atoms with van der Waals surface area (Å²) < 4.78 is 2.16. The van der Waals surface area contributed by atoms with Gasteiger partial charge in [-0.1, -0.05) is 31.5 Å². The summed E-state index contributed by atoms with van der Waals surface area (Å²) in [6.45, 7) is 2.91. The maximum atomic E-state index is 13.5. The zero-order valence-electron chi connectivity index (χ0n) is 19.4. The molecule has 2 fully saturated rings. The Kier molecular flexibility index (Phi) is 6.04. The number of aliphatic carboxylic acids is 1. The fourth-order valence-corrected chi connectivity index (χ4v) is 7.04. The number of aryl methyl sites for hydroxylation is 1. The molecular formula is C27H32N2O3S. The Labute approximate surface area is 199 Å². The molecule has 3 heterocycles. The minimum Gasteiger partial charge on any atom is -0.481 e. The Hall–Kier alpha value is -2.60. The molecule has 6 heteroatoms. The van der Waals surface area contributed by atoms with Gasteiger partial charge < -0.3 is 14.6 Å². The standard InChI is InChI=1S/C27H32N2O3S/c1-17(15-25(30)29-13-5-9-18-19(27(31)32)7-3-10-22(18)29)21-16-28(2)23-11-4-8-20(26(21)23)24-12-6-14-33-24/h4,6,8,11-12,14,16-19,22H,3,5,7,9-10,13,15H2,1-2H3,(H,31,32). The quantitative estimate of drug-likeness (QED) is 0.512. The molecular weight excluding hydrogens is 432 g/mol. The lowest BCUT2D eigenvalue weighted by molar-refractivity contribution is -0.152. The second-order valence-electron chi connectivity index (χ2n) is 9.81. The number of aromatic nitrogens is 1. The van der Waals surface area contributed by atoms with Gasteiger partial charge in [0.1, 0.15) is 0 Å². The van der Waals surface area contributed by atoms with E-state index in [0.717, 1.165) is 38.6 Å². The van der Waals surface area contributed by atoms with E-state index in [1.165, 1.54) is 26.9 Å². The van der Waals surface area contributed by atoms with Gasteiger partial charge in [0.25, 0.3) is 0 Å². The van der Waals surface area contributed by atoms with Crippen molar-refractivity contribution in [3.05, 3.63) is 47.5 Å². The predicted octanol–water partition coefficient (Wildman–Crippen LogP) is 5.89. The van der Waals surface area contributed by atoms with Crippen molar-refractivity contribution in [1.82, 2.24) is 9.47 Å². The molecule has 2 aliphatic rings. The average Bonchev–Trinajstić information content (AvgIpc) is 3.46. The summed E-state index contributed by atoms with van der Waals surface area (Å²) in [5.74, 6) is -0.630. The normalized spacial score (nSPS) is 23.9. The highest BCUT2D eigenvalue weighted by Gasteiger charge is 2.43. The molecule has 174 valence electrons. The van der Waals surface area contributed by atoms with Crippen molar-refractivity contribution < 1.29 is 14.7 Å². The van der Waals surface area contributed by atoms with Crippen molar-refractivity contribution >= 4 is 34.1 Å². The maximum Gasteiger partial charge on any atom is 0.306 e. The number of benzene rings is 1. The van der Waals surface area contributed by atoms with Crippen molar-refractivity contribution in [3.63, 3.8) is 0 Å². The van der Waals surface area contributed by atoms with Crippen LogP contribution in [0.25, 0.3) is 21.3 Å². The highest BCUT2D eigenvalue weighted by molar-refractivity contribution is 7.13. The number of carboxylic acids is 1. The molecule has 4 unspecified atom stereocenters. The Morgan fingerprint density at radius 1 is 1.15 bits per heavy atom. The summed E-state index contributed by atoms with van der Waals surface area (Å²) in [4.78, 5) is 28.6. The van der Waals surface area contributed by atoms with Crippen LogP contribution in [0.15, 0.2) is 41.9 Å². The van der Waals surface area contributed by atoms with Crippen molar-refractivity contribution in [1.29, 1.82) is 0 Å². The number of carbonyl (C=O) groups excluding carboxylic acids is 1. The average molecular weight is 465 g/mol. The molecule has 3 aromatic rings. The number of rotatable bonds is 5. The number of hydrogen-bond donors (Lipinski definition) is 1. The molecule has 1 aliphatic carbocycles. The molecule has 5 nitrogen and oxygen atoms in total. The van der Waals surface area contributed by atoms with Gasteiger partial charge in [0.2, 0.25) is 5.91 Å². The molecule has 1 N–H and O–H groups in total. The number of likely N-dealkylation sites (tertiary alicyclic amines) is 1. The van der Waals surface area contributed by atoms with Gasteiger partial charge in [-0.2, -0.15) is 0 Å². The second kappa shape index (κ2) is 8.98. The Balaban J connectivity index is 1.41. The van der Waals surface area contributed by atoms with Crippen LogP contribution in [0.4, 0.5) is 0 Å². The van der Waals surface area contributed by atoms with E-state index >= 15 is 0 Å². The van der Waals surface area contributed by atoms with Crippen LogP contribution in [0.1, 0.15) is 56.9 Å². The lowest BCUT2D eigenvalue weighted by Crippen LogP contribution is -2.53. The first-order chi connectivity index (χ1) is 16.0. The number of carboxylic acid groups (broad SMARTS) is 1. The molecule has 1 aliphatic heterocycles.